The number of rotatable bonds is 9. The van der Waals surface area contributed by atoms with Crippen molar-refractivity contribution in [3.8, 4) is 11.5 Å². The van der Waals surface area contributed by atoms with Crippen molar-refractivity contribution in [3.63, 3.8) is 0 Å². The average Bonchev–Trinajstić information content (AvgIpc) is 2.72. The van der Waals surface area contributed by atoms with Crippen molar-refractivity contribution >= 4 is 52.5 Å². The van der Waals surface area contributed by atoms with Crippen LogP contribution in [-0.4, -0.2) is 42.9 Å². The quantitative estimate of drug-likeness (QED) is 0.394. The van der Waals surface area contributed by atoms with Crippen molar-refractivity contribution in [2.24, 2.45) is 0 Å². The van der Waals surface area contributed by atoms with E-state index in [0.717, 1.165) is 17.0 Å². The van der Waals surface area contributed by atoms with E-state index in [4.69, 9.17) is 26.2 Å². The van der Waals surface area contributed by atoms with E-state index in [9.17, 15) is 14.4 Å². The van der Waals surface area contributed by atoms with Gasteiger partial charge < -0.3 is 25.2 Å². The Kier molecular flexibility index (Phi) is 8.57. The maximum absolute atomic E-state index is 12.3. The van der Waals surface area contributed by atoms with Crippen LogP contribution in [0.25, 0.3) is 0 Å². The highest BCUT2D eigenvalue weighted by Gasteiger charge is 2.13. The van der Waals surface area contributed by atoms with Gasteiger partial charge in [0.05, 0.1) is 30.7 Å². The zero-order valence-electron chi connectivity index (χ0n) is 16.1. The molecule has 0 bridgehead atoms. The molecule has 0 atom stereocenters. The third kappa shape index (κ3) is 7.02. The molecule has 2 aromatic carbocycles. The van der Waals surface area contributed by atoms with Crippen LogP contribution >= 0.6 is 23.4 Å². The summed E-state index contributed by atoms with van der Waals surface area (Å²) in [7, 11) is 2.96. The van der Waals surface area contributed by atoms with Crippen molar-refractivity contribution in [1.29, 1.82) is 0 Å². The van der Waals surface area contributed by atoms with Crippen molar-refractivity contribution in [2.45, 2.75) is 4.90 Å². The second-order valence-corrected chi connectivity index (χ2v) is 7.17. The lowest BCUT2D eigenvalue weighted by Crippen LogP contribution is -2.14. The van der Waals surface area contributed by atoms with E-state index >= 15 is 0 Å². The van der Waals surface area contributed by atoms with E-state index < -0.39 is 11.9 Å². The summed E-state index contributed by atoms with van der Waals surface area (Å²) in [5, 5.41) is 14.1. The monoisotopic (exact) mass is 450 g/mol. The number of carboxylic acids is 1. The topological polar surface area (TPSA) is 114 Å². The Bertz CT molecular complexity index is 963. The van der Waals surface area contributed by atoms with Gasteiger partial charge in [-0.15, -0.1) is 11.8 Å². The van der Waals surface area contributed by atoms with Crippen LogP contribution in [0.5, 0.6) is 11.5 Å². The van der Waals surface area contributed by atoms with Crippen molar-refractivity contribution in [2.75, 3.05) is 30.6 Å². The number of amides is 2. The van der Waals surface area contributed by atoms with E-state index in [-0.39, 0.29) is 11.7 Å². The number of carboxylic acid groups (broad SMARTS) is 1. The minimum absolute atomic E-state index is 0.139. The molecule has 10 heteroatoms. The predicted molar refractivity (Wildman–Crippen MR) is 116 cm³/mol. The molecule has 0 aliphatic rings. The van der Waals surface area contributed by atoms with E-state index in [1.54, 1.807) is 36.4 Å². The molecule has 0 aliphatic heterocycles. The van der Waals surface area contributed by atoms with Gasteiger partial charge in [-0.25, -0.2) is 4.79 Å². The SMILES string of the molecule is COc1cc(OC)c(NC(=O)CSc2ccc(NC(=O)/C=C/C(=O)O)cc2)cc1Cl. The molecule has 0 heterocycles. The predicted octanol–water partition coefficient (Wildman–Crippen LogP) is 3.67. The largest absolute Gasteiger partial charge is 0.495 e. The molecule has 0 aliphatic carbocycles. The fraction of sp³-hybridized carbons (Fsp3) is 0.150. The number of hydrogen-bond donors (Lipinski definition) is 3. The normalized spacial score (nSPS) is 10.5. The summed E-state index contributed by atoms with van der Waals surface area (Å²) < 4.78 is 10.4. The molecule has 0 saturated heterocycles. The van der Waals surface area contributed by atoms with Gasteiger partial charge in [0.25, 0.3) is 0 Å². The molecule has 0 aromatic heterocycles. The third-order valence-corrected chi connectivity index (χ3v) is 4.92. The fourth-order valence-electron chi connectivity index (χ4n) is 2.26. The molecule has 0 saturated carbocycles. The number of nitrogens with one attached hydrogen (secondary N) is 2. The van der Waals surface area contributed by atoms with Crippen LogP contribution < -0.4 is 20.1 Å². The zero-order valence-corrected chi connectivity index (χ0v) is 17.7. The maximum atomic E-state index is 12.3. The first-order valence-corrected chi connectivity index (χ1v) is 9.85. The van der Waals surface area contributed by atoms with E-state index in [1.807, 2.05) is 0 Å². The highest BCUT2D eigenvalue weighted by Crippen LogP contribution is 2.36. The molecule has 30 heavy (non-hydrogen) atoms. The van der Waals surface area contributed by atoms with E-state index in [1.165, 1.54) is 26.0 Å². The van der Waals surface area contributed by atoms with Crippen LogP contribution in [0.2, 0.25) is 5.02 Å². The minimum Gasteiger partial charge on any atom is -0.495 e. The molecule has 0 fully saturated rings. The molecule has 0 unspecified atom stereocenters. The van der Waals surface area contributed by atoms with Gasteiger partial charge in [-0.05, 0) is 30.3 Å². The Hall–Kier alpha value is -3.17. The van der Waals surface area contributed by atoms with Gasteiger partial charge in [0.2, 0.25) is 11.8 Å². The number of thioether (sulfide) groups is 1. The van der Waals surface area contributed by atoms with Crippen molar-refractivity contribution in [3.05, 3.63) is 53.6 Å². The molecular weight excluding hydrogens is 432 g/mol. The number of halogens is 1. The van der Waals surface area contributed by atoms with Gasteiger partial charge in [-0.3, -0.25) is 9.59 Å². The number of methoxy groups -OCH3 is 2. The summed E-state index contributed by atoms with van der Waals surface area (Å²) in [5.74, 6) is -1.01. The van der Waals surface area contributed by atoms with Gasteiger partial charge in [-0.1, -0.05) is 11.6 Å². The molecular formula is C20H19ClN2O6S. The van der Waals surface area contributed by atoms with Crippen LogP contribution in [0.1, 0.15) is 0 Å². The number of aliphatic carboxylic acids is 1. The lowest BCUT2D eigenvalue weighted by atomic mass is 10.2. The molecule has 3 N–H and O–H groups in total. The first kappa shape index (κ1) is 23.1. The summed E-state index contributed by atoms with van der Waals surface area (Å²) in [6.45, 7) is 0. The molecule has 0 spiro atoms. The van der Waals surface area contributed by atoms with E-state index in [2.05, 4.69) is 10.6 Å². The molecule has 158 valence electrons. The van der Waals surface area contributed by atoms with Gasteiger partial charge in [0, 0.05) is 28.8 Å². The Labute approximate surface area is 182 Å². The Balaban J connectivity index is 1.91. The van der Waals surface area contributed by atoms with Gasteiger partial charge in [0.15, 0.2) is 0 Å². The second kappa shape index (κ2) is 11.1. The van der Waals surface area contributed by atoms with E-state index in [0.29, 0.717) is 27.9 Å². The number of carbonyl (C=O) groups excluding carboxylic acids is 2. The van der Waals surface area contributed by atoms with Gasteiger partial charge in [0.1, 0.15) is 11.5 Å². The van der Waals surface area contributed by atoms with Crippen LogP contribution in [0, 0.1) is 0 Å². The summed E-state index contributed by atoms with van der Waals surface area (Å²) in [5.41, 5.74) is 0.933. The van der Waals surface area contributed by atoms with Crippen molar-refractivity contribution in [1.82, 2.24) is 0 Å². The van der Waals surface area contributed by atoms with Crippen LogP contribution in [0.15, 0.2) is 53.4 Å². The highest BCUT2D eigenvalue weighted by atomic mass is 35.5. The lowest BCUT2D eigenvalue weighted by molar-refractivity contribution is -0.131. The fourth-order valence-corrected chi connectivity index (χ4v) is 3.20. The van der Waals surface area contributed by atoms with Crippen LogP contribution in [0.4, 0.5) is 11.4 Å². The summed E-state index contributed by atoms with van der Waals surface area (Å²) in [4.78, 5) is 35.1. The minimum atomic E-state index is -1.20. The molecule has 2 amide bonds. The van der Waals surface area contributed by atoms with Gasteiger partial charge in [-0.2, -0.15) is 0 Å². The summed E-state index contributed by atoms with van der Waals surface area (Å²) >= 11 is 7.40. The Morgan fingerprint density at radius 3 is 2.30 bits per heavy atom. The van der Waals surface area contributed by atoms with Crippen LogP contribution in [0.3, 0.4) is 0 Å². The zero-order chi connectivity index (χ0) is 22.1. The highest BCUT2D eigenvalue weighted by molar-refractivity contribution is 8.00. The summed E-state index contributed by atoms with van der Waals surface area (Å²) in [6, 6.07) is 9.92. The molecule has 8 nitrogen and oxygen atoms in total. The Morgan fingerprint density at radius 1 is 1.03 bits per heavy atom. The third-order valence-electron chi connectivity index (χ3n) is 3.62. The molecule has 2 rings (SSSR count). The molecule has 0 radical (unpaired) electrons. The maximum Gasteiger partial charge on any atom is 0.328 e. The molecule has 2 aromatic rings. The number of benzene rings is 2. The standard InChI is InChI=1S/C20H19ClN2O6S/c1-28-16-10-17(29-2)15(9-14(16)21)23-19(25)11-30-13-5-3-12(4-6-13)22-18(24)7-8-20(26)27/h3-10H,11H2,1-2H3,(H,22,24)(H,23,25)(H,26,27)/b8-7+. The summed E-state index contributed by atoms with van der Waals surface area (Å²) in [6.07, 6.45) is 1.68. The average molecular weight is 451 g/mol. The number of ether oxygens (including phenoxy) is 2. The second-order valence-electron chi connectivity index (χ2n) is 5.71. The smallest absolute Gasteiger partial charge is 0.328 e. The number of anilines is 2. The number of carbonyl (C=O) groups is 3. The van der Waals surface area contributed by atoms with Gasteiger partial charge >= 0.3 is 5.97 Å². The Morgan fingerprint density at radius 2 is 1.70 bits per heavy atom. The first-order chi connectivity index (χ1) is 14.3. The number of hydrogen-bond acceptors (Lipinski definition) is 6. The first-order valence-electron chi connectivity index (χ1n) is 8.48. The van der Waals surface area contributed by atoms with Crippen LogP contribution in [-0.2, 0) is 14.4 Å². The van der Waals surface area contributed by atoms with Crippen molar-refractivity contribution < 1.29 is 29.0 Å². The lowest BCUT2D eigenvalue weighted by Gasteiger charge is -2.13.